The number of hydrogen-bond donors (Lipinski definition) is 1. The molecule has 1 saturated heterocycles. The van der Waals surface area contributed by atoms with Crippen LogP contribution >= 0.6 is 11.3 Å². The molecule has 2 amide bonds. The quantitative estimate of drug-likeness (QED) is 0.868. The highest BCUT2D eigenvalue weighted by molar-refractivity contribution is 7.09. The van der Waals surface area contributed by atoms with Gasteiger partial charge in [-0.05, 0) is 20.3 Å². The van der Waals surface area contributed by atoms with Crippen LogP contribution in [0.25, 0.3) is 0 Å². The summed E-state index contributed by atoms with van der Waals surface area (Å²) in [6.45, 7) is 7.16. The van der Waals surface area contributed by atoms with Gasteiger partial charge in [0, 0.05) is 37.4 Å². The first-order valence-corrected chi connectivity index (χ1v) is 8.39. The lowest BCUT2D eigenvalue weighted by Crippen LogP contribution is -2.36. The van der Waals surface area contributed by atoms with E-state index >= 15 is 0 Å². The van der Waals surface area contributed by atoms with Gasteiger partial charge in [-0.25, -0.2) is 4.98 Å². The molecule has 1 aliphatic heterocycles. The number of likely N-dealkylation sites (tertiary alicyclic amines) is 1. The minimum absolute atomic E-state index is 0.0150. The van der Waals surface area contributed by atoms with E-state index < -0.39 is 0 Å². The van der Waals surface area contributed by atoms with Gasteiger partial charge in [-0.2, -0.15) is 0 Å². The Balaban J connectivity index is 1.76. The second kappa shape index (κ2) is 7.02. The highest BCUT2D eigenvalue weighted by Crippen LogP contribution is 2.20. The number of aryl methyl sites for hydroxylation is 1. The van der Waals surface area contributed by atoms with Crippen molar-refractivity contribution in [3.63, 3.8) is 0 Å². The third-order valence-electron chi connectivity index (χ3n) is 3.75. The molecule has 1 aromatic heterocycles. The molecule has 1 aliphatic rings. The Morgan fingerprint density at radius 1 is 1.57 bits per heavy atom. The number of aromatic nitrogens is 1. The third-order valence-corrected chi connectivity index (χ3v) is 4.71. The Labute approximate surface area is 129 Å². The number of hydrogen-bond acceptors (Lipinski definition) is 4. The molecule has 5 nitrogen and oxygen atoms in total. The maximum absolute atomic E-state index is 12.1. The van der Waals surface area contributed by atoms with E-state index in [1.165, 1.54) is 0 Å². The van der Waals surface area contributed by atoms with E-state index in [0.29, 0.717) is 19.5 Å². The zero-order valence-corrected chi connectivity index (χ0v) is 13.7. The van der Waals surface area contributed by atoms with Crippen LogP contribution in [0.3, 0.4) is 0 Å². The van der Waals surface area contributed by atoms with Gasteiger partial charge in [-0.15, -0.1) is 11.3 Å². The van der Waals surface area contributed by atoms with E-state index in [0.717, 1.165) is 23.5 Å². The number of carbonyl (C=O) groups excluding carboxylic acids is 2. The van der Waals surface area contributed by atoms with Gasteiger partial charge in [0.2, 0.25) is 11.8 Å². The Bertz CT molecular complexity index is 513. The van der Waals surface area contributed by atoms with Gasteiger partial charge < -0.3 is 10.2 Å². The summed E-state index contributed by atoms with van der Waals surface area (Å²) < 4.78 is 0. The zero-order chi connectivity index (χ0) is 15.4. The Morgan fingerprint density at radius 2 is 2.33 bits per heavy atom. The number of carbonyl (C=O) groups is 2. The van der Waals surface area contributed by atoms with Crippen molar-refractivity contribution in [1.82, 2.24) is 15.2 Å². The molecular formula is C15H23N3O2S. The molecule has 2 heterocycles. The largest absolute Gasteiger partial charge is 0.355 e. The van der Waals surface area contributed by atoms with E-state index in [2.05, 4.69) is 22.6 Å². The maximum atomic E-state index is 12.1. The van der Waals surface area contributed by atoms with Gasteiger partial charge in [-0.3, -0.25) is 9.59 Å². The van der Waals surface area contributed by atoms with E-state index in [1.807, 2.05) is 13.8 Å². The fourth-order valence-corrected chi connectivity index (χ4v) is 3.35. The summed E-state index contributed by atoms with van der Waals surface area (Å²) in [6.07, 6.45) is 2.03. The molecule has 0 unspecified atom stereocenters. The first kappa shape index (κ1) is 15.9. The molecule has 0 radical (unpaired) electrons. The lowest BCUT2D eigenvalue weighted by Gasteiger charge is -2.20. The van der Waals surface area contributed by atoms with Crippen LogP contribution < -0.4 is 5.32 Å². The normalized spacial score (nSPS) is 18.6. The molecule has 0 bridgehead atoms. The minimum Gasteiger partial charge on any atom is -0.355 e. The smallest absolute Gasteiger partial charge is 0.225 e. The summed E-state index contributed by atoms with van der Waals surface area (Å²) >= 11 is 1.64. The molecule has 2 rings (SSSR count). The van der Waals surface area contributed by atoms with Crippen molar-refractivity contribution in [1.29, 1.82) is 0 Å². The fourth-order valence-electron chi connectivity index (χ4n) is 2.47. The molecule has 1 atom stereocenters. The topological polar surface area (TPSA) is 62.3 Å². The van der Waals surface area contributed by atoms with E-state index in [-0.39, 0.29) is 23.8 Å². The molecule has 1 fully saturated rings. The molecule has 0 aliphatic carbocycles. The summed E-state index contributed by atoms with van der Waals surface area (Å²) in [4.78, 5) is 30.2. The SMILES string of the molecule is CCc1csc(CCNC(=O)[C@H]2CC(=O)N(C(C)C)C2)n1. The van der Waals surface area contributed by atoms with Crippen molar-refractivity contribution in [3.8, 4) is 0 Å². The van der Waals surface area contributed by atoms with Crippen LogP contribution in [0.15, 0.2) is 5.38 Å². The molecule has 21 heavy (non-hydrogen) atoms. The average Bonchev–Trinajstić information content (AvgIpc) is 3.05. The van der Waals surface area contributed by atoms with E-state index in [4.69, 9.17) is 0 Å². The van der Waals surface area contributed by atoms with Gasteiger partial charge in [0.1, 0.15) is 0 Å². The van der Waals surface area contributed by atoms with Crippen LogP contribution in [0.2, 0.25) is 0 Å². The number of nitrogens with one attached hydrogen (secondary N) is 1. The Hall–Kier alpha value is -1.43. The van der Waals surface area contributed by atoms with Crippen LogP contribution in [-0.4, -0.2) is 40.8 Å². The average molecular weight is 309 g/mol. The summed E-state index contributed by atoms with van der Waals surface area (Å²) in [6, 6.07) is 0.165. The molecule has 0 spiro atoms. The highest BCUT2D eigenvalue weighted by Gasteiger charge is 2.35. The predicted octanol–water partition coefficient (Wildman–Crippen LogP) is 1.62. The van der Waals surface area contributed by atoms with Crippen LogP contribution in [0.5, 0.6) is 0 Å². The highest BCUT2D eigenvalue weighted by atomic mass is 32.1. The summed E-state index contributed by atoms with van der Waals surface area (Å²) in [5.74, 6) is -0.140. The van der Waals surface area contributed by atoms with Crippen molar-refractivity contribution in [3.05, 3.63) is 16.1 Å². The van der Waals surface area contributed by atoms with E-state index in [1.54, 1.807) is 16.2 Å². The number of amides is 2. The number of thiazole rings is 1. The summed E-state index contributed by atoms with van der Waals surface area (Å²) in [5.41, 5.74) is 1.11. The van der Waals surface area contributed by atoms with Gasteiger partial charge in [-0.1, -0.05) is 6.92 Å². The second-order valence-corrected chi connectivity index (χ2v) is 6.61. The van der Waals surface area contributed by atoms with Gasteiger partial charge >= 0.3 is 0 Å². The van der Waals surface area contributed by atoms with Gasteiger partial charge in [0.05, 0.1) is 16.6 Å². The maximum Gasteiger partial charge on any atom is 0.225 e. The number of rotatable bonds is 6. The Morgan fingerprint density at radius 3 is 2.90 bits per heavy atom. The first-order valence-electron chi connectivity index (χ1n) is 7.51. The van der Waals surface area contributed by atoms with Crippen LogP contribution in [0, 0.1) is 5.92 Å². The van der Waals surface area contributed by atoms with Crippen molar-refractivity contribution in [2.75, 3.05) is 13.1 Å². The lowest BCUT2D eigenvalue weighted by atomic mass is 10.1. The van der Waals surface area contributed by atoms with Crippen LogP contribution in [0.4, 0.5) is 0 Å². The molecule has 0 aromatic carbocycles. The Kier molecular flexibility index (Phi) is 5.33. The minimum atomic E-state index is -0.206. The molecule has 6 heteroatoms. The molecular weight excluding hydrogens is 286 g/mol. The van der Waals surface area contributed by atoms with Crippen molar-refractivity contribution in [2.24, 2.45) is 5.92 Å². The molecule has 0 saturated carbocycles. The van der Waals surface area contributed by atoms with Crippen molar-refractivity contribution in [2.45, 2.75) is 46.1 Å². The molecule has 1 N–H and O–H groups in total. The monoisotopic (exact) mass is 309 g/mol. The lowest BCUT2D eigenvalue weighted by molar-refractivity contribution is -0.129. The van der Waals surface area contributed by atoms with Gasteiger partial charge in [0.25, 0.3) is 0 Å². The number of nitrogens with zero attached hydrogens (tertiary/aromatic N) is 2. The van der Waals surface area contributed by atoms with Crippen LogP contribution in [0.1, 0.15) is 37.9 Å². The summed E-state index contributed by atoms with van der Waals surface area (Å²) in [7, 11) is 0. The zero-order valence-electron chi connectivity index (χ0n) is 12.9. The van der Waals surface area contributed by atoms with Crippen molar-refractivity contribution >= 4 is 23.2 Å². The standard InChI is InChI=1S/C15H23N3O2S/c1-4-12-9-21-13(17-12)5-6-16-15(20)11-7-14(19)18(8-11)10(2)3/h9-11H,4-8H2,1-3H3,(H,16,20)/t11-/m0/s1. The summed E-state index contributed by atoms with van der Waals surface area (Å²) in [5, 5.41) is 6.05. The van der Waals surface area contributed by atoms with E-state index in [9.17, 15) is 9.59 Å². The molecule has 1 aromatic rings. The predicted molar refractivity (Wildman–Crippen MR) is 83.2 cm³/mol. The molecule has 116 valence electrons. The fraction of sp³-hybridized carbons (Fsp3) is 0.667. The van der Waals surface area contributed by atoms with Crippen molar-refractivity contribution < 1.29 is 9.59 Å². The van der Waals surface area contributed by atoms with Gasteiger partial charge in [0.15, 0.2) is 0 Å². The first-order chi connectivity index (χ1) is 10.0. The van der Waals surface area contributed by atoms with Crippen LogP contribution in [-0.2, 0) is 22.4 Å². The third kappa shape index (κ3) is 4.03. The second-order valence-electron chi connectivity index (χ2n) is 5.67.